The van der Waals surface area contributed by atoms with Gasteiger partial charge in [-0.3, -0.25) is 19.9 Å². The standard InChI is InChI=1S/C18H24N6O5/c1-5-18(6-2,12(4)22-26)23(29-13-9-7-8-11(3)10-13)15-14(24(27)28)16(25)21-17(19)20-15/h7-10,26H,5-6H2,1-4H3,(H3,19,20,21,25). The zero-order valence-electron chi connectivity index (χ0n) is 16.7. The van der Waals surface area contributed by atoms with E-state index in [0.29, 0.717) is 18.6 Å². The van der Waals surface area contributed by atoms with Crippen LogP contribution in [0.3, 0.4) is 0 Å². The molecule has 0 aliphatic rings. The number of anilines is 2. The number of aromatic nitrogens is 2. The molecule has 2 aromatic rings. The highest BCUT2D eigenvalue weighted by Crippen LogP contribution is 2.35. The molecule has 0 saturated heterocycles. The van der Waals surface area contributed by atoms with E-state index in [-0.39, 0.29) is 17.5 Å². The van der Waals surface area contributed by atoms with E-state index in [1.165, 1.54) is 0 Å². The zero-order valence-corrected chi connectivity index (χ0v) is 16.7. The highest BCUT2D eigenvalue weighted by Gasteiger charge is 2.44. The number of nitrogens with two attached hydrogens (primary N) is 1. The van der Waals surface area contributed by atoms with E-state index >= 15 is 0 Å². The third-order valence-corrected chi connectivity index (χ3v) is 4.84. The van der Waals surface area contributed by atoms with Crippen LogP contribution in [0.4, 0.5) is 17.5 Å². The first-order valence-corrected chi connectivity index (χ1v) is 8.98. The molecule has 0 aliphatic carbocycles. The van der Waals surface area contributed by atoms with Gasteiger partial charge < -0.3 is 15.8 Å². The Labute approximate surface area is 166 Å². The minimum absolute atomic E-state index is 0.227. The van der Waals surface area contributed by atoms with Crippen LogP contribution in [0.2, 0.25) is 0 Å². The van der Waals surface area contributed by atoms with Gasteiger partial charge in [0, 0.05) is 0 Å². The molecule has 0 spiro atoms. The predicted molar refractivity (Wildman–Crippen MR) is 108 cm³/mol. The van der Waals surface area contributed by atoms with E-state index in [9.17, 15) is 20.1 Å². The summed E-state index contributed by atoms with van der Waals surface area (Å²) in [5.74, 6) is -0.338. The molecule has 0 atom stereocenters. The zero-order chi connectivity index (χ0) is 21.8. The summed E-state index contributed by atoms with van der Waals surface area (Å²) in [7, 11) is 0. The molecule has 0 saturated carbocycles. The van der Waals surface area contributed by atoms with E-state index in [1.54, 1.807) is 39.0 Å². The summed E-state index contributed by atoms with van der Waals surface area (Å²) < 4.78 is 0. The van der Waals surface area contributed by atoms with Gasteiger partial charge in [-0.15, -0.1) is 0 Å². The summed E-state index contributed by atoms with van der Waals surface area (Å²) in [4.78, 5) is 35.2. The fraction of sp³-hybridized carbons (Fsp3) is 0.389. The monoisotopic (exact) mass is 404 g/mol. The second kappa shape index (κ2) is 8.59. The molecule has 11 nitrogen and oxygen atoms in total. The maximum atomic E-state index is 12.3. The van der Waals surface area contributed by atoms with Crippen LogP contribution >= 0.6 is 0 Å². The maximum Gasteiger partial charge on any atom is 0.379 e. The fourth-order valence-corrected chi connectivity index (χ4v) is 3.18. The Morgan fingerprint density at radius 2 is 2.10 bits per heavy atom. The predicted octanol–water partition coefficient (Wildman–Crippen LogP) is 2.78. The molecular formula is C18H24N6O5. The summed E-state index contributed by atoms with van der Waals surface area (Å²) in [5, 5.41) is 25.6. The minimum atomic E-state index is -1.14. The number of hydrogen-bond donors (Lipinski definition) is 3. The van der Waals surface area contributed by atoms with Gasteiger partial charge >= 0.3 is 11.2 Å². The summed E-state index contributed by atoms with van der Waals surface area (Å²) >= 11 is 0. The molecular weight excluding hydrogens is 380 g/mol. The van der Waals surface area contributed by atoms with Crippen molar-refractivity contribution in [2.75, 3.05) is 10.8 Å². The topological polar surface area (TPSA) is 160 Å². The molecule has 1 heterocycles. The molecule has 11 heteroatoms. The van der Waals surface area contributed by atoms with Crippen LogP contribution in [0, 0.1) is 17.0 Å². The molecule has 1 aromatic carbocycles. The van der Waals surface area contributed by atoms with Crippen LogP contribution in [0.15, 0.2) is 34.2 Å². The van der Waals surface area contributed by atoms with Gasteiger partial charge in [-0.2, -0.15) is 10.0 Å². The number of aromatic amines is 1. The fourth-order valence-electron chi connectivity index (χ4n) is 3.18. The number of aryl methyl sites for hydroxylation is 1. The Bertz CT molecular complexity index is 983. The number of rotatable bonds is 8. The number of nitrogens with one attached hydrogen (secondary N) is 1. The van der Waals surface area contributed by atoms with Gasteiger partial charge in [0.15, 0.2) is 5.75 Å². The first kappa shape index (κ1) is 21.7. The van der Waals surface area contributed by atoms with Crippen LogP contribution in [0.5, 0.6) is 5.75 Å². The third kappa shape index (κ3) is 4.13. The smallest absolute Gasteiger partial charge is 0.379 e. The Kier molecular flexibility index (Phi) is 6.42. The lowest BCUT2D eigenvalue weighted by Crippen LogP contribution is -2.56. The van der Waals surface area contributed by atoms with E-state index in [4.69, 9.17) is 10.6 Å². The van der Waals surface area contributed by atoms with Crippen molar-refractivity contribution in [1.29, 1.82) is 0 Å². The summed E-state index contributed by atoms with van der Waals surface area (Å²) in [6, 6.07) is 6.99. The van der Waals surface area contributed by atoms with Crippen LogP contribution in [0.1, 0.15) is 39.2 Å². The second-order valence-corrected chi connectivity index (χ2v) is 6.51. The Hall–Kier alpha value is -3.63. The van der Waals surface area contributed by atoms with Crippen molar-refractivity contribution in [3.63, 3.8) is 0 Å². The van der Waals surface area contributed by atoms with E-state index < -0.39 is 21.7 Å². The third-order valence-electron chi connectivity index (χ3n) is 4.84. The Morgan fingerprint density at radius 3 is 2.62 bits per heavy atom. The number of H-pyrrole nitrogens is 1. The minimum Gasteiger partial charge on any atom is -0.411 e. The quantitative estimate of drug-likeness (QED) is 0.262. The number of nitrogens with zero attached hydrogens (tertiary/aromatic N) is 4. The van der Waals surface area contributed by atoms with E-state index in [1.807, 2.05) is 13.0 Å². The van der Waals surface area contributed by atoms with Crippen molar-refractivity contribution in [3.05, 3.63) is 50.3 Å². The SMILES string of the molecule is CCC(CC)(C(C)=NO)N(Oc1cccc(C)c1)c1nc(N)[nH]c(=O)c1[N+](=O)[O-]. The van der Waals surface area contributed by atoms with Crippen molar-refractivity contribution in [2.45, 2.75) is 46.1 Å². The van der Waals surface area contributed by atoms with Crippen molar-refractivity contribution in [2.24, 2.45) is 5.16 Å². The van der Waals surface area contributed by atoms with Crippen molar-refractivity contribution >= 4 is 23.2 Å². The molecule has 0 aliphatic heterocycles. The lowest BCUT2D eigenvalue weighted by Gasteiger charge is -2.41. The number of benzene rings is 1. The Balaban J connectivity index is 2.84. The molecule has 0 fully saturated rings. The highest BCUT2D eigenvalue weighted by atomic mass is 16.7. The van der Waals surface area contributed by atoms with Crippen LogP contribution in [-0.2, 0) is 0 Å². The first-order valence-electron chi connectivity index (χ1n) is 8.98. The first-order chi connectivity index (χ1) is 13.7. The van der Waals surface area contributed by atoms with Gasteiger partial charge in [0.2, 0.25) is 5.95 Å². The molecule has 1 aromatic heterocycles. The van der Waals surface area contributed by atoms with Gasteiger partial charge in [0.25, 0.3) is 5.82 Å². The van der Waals surface area contributed by atoms with Crippen LogP contribution < -0.4 is 21.2 Å². The van der Waals surface area contributed by atoms with Gasteiger partial charge in [0.1, 0.15) is 5.54 Å². The average Bonchev–Trinajstić information content (AvgIpc) is 2.67. The van der Waals surface area contributed by atoms with Gasteiger partial charge in [-0.05, 0) is 44.4 Å². The number of nitro groups is 1. The summed E-state index contributed by atoms with van der Waals surface area (Å²) in [6.07, 6.45) is 0.660. The van der Waals surface area contributed by atoms with Gasteiger partial charge in [-0.1, -0.05) is 31.1 Å². The lowest BCUT2D eigenvalue weighted by atomic mass is 9.87. The normalized spacial score (nSPS) is 11.9. The van der Waals surface area contributed by atoms with Crippen molar-refractivity contribution in [3.8, 4) is 5.75 Å². The average molecular weight is 404 g/mol. The van der Waals surface area contributed by atoms with Gasteiger partial charge in [0.05, 0.1) is 10.6 Å². The lowest BCUT2D eigenvalue weighted by molar-refractivity contribution is -0.386. The molecule has 4 N–H and O–H groups in total. The maximum absolute atomic E-state index is 12.3. The number of hydroxylamine groups is 1. The number of nitrogen functional groups attached to an aromatic ring is 1. The highest BCUT2D eigenvalue weighted by molar-refractivity contribution is 5.94. The Morgan fingerprint density at radius 1 is 1.45 bits per heavy atom. The molecule has 29 heavy (non-hydrogen) atoms. The molecule has 2 rings (SSSR count). The summed E-state index contributed by atoms with van der Waals surface area (Å²) in [5.41, 5.74) is 3.79. The number of hydrogen-bond acceptors (Lipinski definition) is 9. The molecule has 0 unspecified atom stereocenters. The van der Waals surface area contributed by atoms with Crippen LogP contribution in [-0.4, -0.2) is 31.3 Å². The van der Waals surface area contributed by atoms with Gasteiger partial charge in [-0.25, -0.2) is 0 Å². The van der Waals surface area contributed by atoms with Crippen LogP contribution in [0.25, 0.3) is 0 Å². The van der Waals surface area contributed by atoms with Crippen molar-refractivity contribution < 1.29 is 15.0 Å². The molecule has 0 bridgehead atoms. The van der Waals surface area contributed by atoms with Crippen molar-refractivity contribution in [1.82, 2.24) is 9.97 Å². The molecule has 0 amide bonds. The van der Waals surface area contributed by atoms with E-state index in [2.05, 4.69) is 15.1 Å². The second-order valence-electron chi connectivity index (χ2n) is 6.51. The largest absolute Gasteiger partial charge is 0.411 e. The summed E-state index contributed by atoms with van der Waals surface area (Å²) in [6.45, 7) is 7.01. The molecule has 156 valence electrons. The van der Waals surface area contributed by atoms with E-state index in [0.717, 1.165) is 10.6 Å². The molecule has 0 radical (unpaired) electrons. The number of oxime groups is 1.